The lowest BCUT2D eigenvalue weighted by Gasteiger charge is -2.15. The Morgan fingerprint density at radius 1 is 1.27 bits per heavy atom. The summed E-state index contributed by atoms with van der Waals surface area (Å²) in [6.07, 6.45) is 2.20. The van der Waals surface area contributed by atoms with Gasteiger partial charge in [-0.2, -0.15) is 0 Å². The molecule has 0 saturated carbocycles. The fourth-order valence-electron chi connectivity index (χ4n) is 2.32. The molecule has 2 atom stereocenters. The predicted octanol–water partition coefficient (Wildman–Crippen LogP) is 2.94. The lowest BCUT2D eigenvalue weighted by Crippen LogP contribution is -2.15. The van der Waals surface area contributed by atoms with E-state index in [-0.39, 0.29) is 17.7 Å². The molecule has 0 aromatic heterocycles. The Morgan fingerprint density at radius 2 is 1.93 bits per heavy atom. The zero-order chi connectivity index (χ0) is 11.0. The average molecular weight is 211 g/mol. The largest absolute Gasteiger partial charge is 0.324 e. The fraction of sp³-hybridized carbons (Fsp3) is 0.500. The Kier molecular flexibility index (Phi) is 2.74. The first-order valence-corrected chi connectivity index (χ1v) is 5.32. The van der Waals surface area contributed by atoms with Crippen molar-refractivity contribution in [3.05, 3.63) is 34.9 Å². The lowest BCUT2D eigenvalue weighted by atomic mass is 9.97. The van der Waals surface area contributed by atoms with Crippen molar-refractivity contribution in [1.29, 1.82) is 0 Å². The molecule has 1 aliphatic carbocycles. The molecular weight excluding hydrogens is 196 g/mol. The number of hydrogen-bond acceptors (Lipinski definition) is 1. The van der Waals surface area contributed by atoms with Crippen molar-refractivity contribution < 1.29 is 8.78 Å². The molecule has 0 fully saturated rings. The molecule has 0 heterocycles. The van der Waals surface area contributed by atoms with Crippen molar-refractivity contribution in [2.75, 3.05) is 0 Å². The summed E-state index contributed by atoms with van der Waals surface area (Å²) < 4.78 is 27.1. The third kappa shape index (κ3) is 1.88. The maximum Gasteiger partial charge on any atom is 0.128 e. The lowest BCUT2D eigenvalue weighted by molar-refractivity contribution is 0.456. The number of halogens is 2. The van der Waals surface area contributed by atoms with Gasteiger partial charge in [0.2, 0.25) is 0 Å². The molecule has 1 aromatic rings. The highest BCUT2D eigenvalue weighted by molar-refractivity contribution is 5.33. The topological polar surface area (TPSA) is 26.0 Å². The molecule has 1 aliphatic rings. The number of fused-ring (bicyclic) bond motifs is 1. The molecule has 0 amide bonds. The molecular formula is C12H15F2N. The molecule has 2 rings (SSSR count). The SMILES string of the molecule is CC1CCc2c(F)ccc(F)c2C(N)C1. The van der Waals surface area contributed by atoms with E-state index in [9.17, 15) is 8.78 Å². The van der Waals surface area contributed by atoms with E-state index < -0.39 is 0 Å². The monoisotopic (exact) mass is 211 g/mol. The molecule has 0 saturated heterocycles. The van der Waals surface area contributed by atoms with Crippen LogP contribution in [-0.2, 0) is 6.42 Å². The molecule has 2 N–H and O–H groups in total. The number of benzene rings is 1. The van der Waals surface area contributed by atoms with Crippen LogP contribution in [0.1, 0.15) is 36.9 Å². The van der Waals surface area contributed by atoms with Crippen molar-refractivity contribution in [3.8, 4) is 0 Å². The summed E-state index contributed by atoms with van der Waals surface area (Å²) >= 11 is 0. The maximum absolute atomic E-state index is 13.6. The van der Waals surface area contributed by atoms with Crippen LogP contribution in [0.25, 0.3) is 0 Å². The highest BCUT2D eigenvalue weighted by Gasteiger charge is 2.24. The summed E-state index contributed by atoms with van der Waals surface area (Å²) in [4.78, 5) is 0. The van der Waals surface area contributed by atoms with Gasteiger partial charge in [-0.15, -0.1) is 0 Å². The van der Waals surface area contributed by atoms with E-state index in [4.69, 9.17) is 5.73 Å². The van der Waals surface area contributed by atoms with E-state index in [1.165, 1.54) is 12.1 Å². The van der Waals surface area contributed by atoms with E-state index >= 15 is 0 Å². The van der Waals surface area contributed by atoms with Gasteiger partial charge in [0.05, 0.1) is 0 Å². The minimum Gasteiger partial charge on any atom is -0.324 e. The molecule has 0 aliphatic heterocycles. The van der Waals surface area contributed by atoms with Crippen LogP contribution in [0, 0.1) is 17.6 Å². The van der Waals surface area contributed by atoms with E-state index in [1.54, 1.807) is 0 Å². The molecule has 0 radical (unpaired) electrons. The van der Waals surface area contributed by atoms with Crippen molar-refractivity contribution in [3.63, 3.8) is 0 Å². The van der Waals surface area contributed by atoms with Crippen LogP contribution in [0.3, 0.4) is 0 Å². The van der Waals surface area contributed by atoms with E-state index in [0.29, 0.717) is 23.5 Å². The Labute approximate surface area is 88.3 Å². The second-order valence-electron chi connectivity index (χ2n) is 4.41. The van der Waals surface area contributed by atoms with Crippen molar-refractivity contribution in [2.45, 2.75) is 32.2 Å². The molecule has 15 heavy (non-hydrogen) atoms. The quantitative estimate of drug-likeness (QED) is 0.656. The Bertz CT molecular complexity index is 376. The van der Waals surface area contributed by atoms with Gasteiger partial charge in [0.1, 0.15) is 11.6 Å². The summed E-state index contributed by atoms with van der Waals surface area (Å²) in [7, 11) is 0. The van der Waals surface area contributed by atoms with Gasteiger partial charge in [0.15, 0.2) is 0 Å². The van der Waals surface area contributed by atoms with E-state index in [2.05, 4.69) is 6.92 Å². The Morgan fingerprint density at radius 3 is 2.67 bits per heavy atom. The summed E-state index contributed by atoms with van der Waals surface area (Å²) in [5.41, 5.74) is 6.77. The second kappa shape index (κ2) is 3.89. The molecule has 0 spiro atoms. The van der Waals surface area contributed by atoms with Crippen molar-refractivity contribution >= 4 is 0 Å². The third-order valence-electron chi connectivity index (χ3n) is 3.16. The predicted molar refractivity (Wildman–Crippen MR) is 55.4 cm³/mol. The van der Waals surface area contributed by atoms with Gasteiger partial charge >= 0.3 is 0 Å². The van der Waals surface area contributed by atoms with Crippen LogP contribution in [0.4, 0.5) is 8.78 Å². The number of rotatable bonds is 0. The van der Waals surface area contributed by atoms with Crippen molar-refractivity contribution in [2.24, 2.45) is 11.7 Å². The summed E-state index contributed by atoms with van der Waals surface area (Å²) in [5, 5.41) is 0. The molecule has 1 aromatic carbocycles. The van der Waals surface area contributed by atoms with Gasteiger partial charge in [0.25, 0.3) is 0 Å². The van der Waals surface area contributed by atoms with Crippen molar-refractivity contribution in [1.82, 2.24) is 0 Å². The highest BCUT2D eigenvalue weighted by Crippen LogP contribution is 2.33. The normalized spacial score (nSPS) is 25.9. The first-order valence-electron chi connectivity index (χ1n) is 5.32. The minimum absolute atomic E-state index is 0.323. The van der Waals surface area contributed by atoms with Crippen LogP contribution in [0.15, 0.2) is 12.1 Å². The highest BCUT2D eigenvalue weighted by atomic mass is 19.1. The van der Waals surface area contributed by atoms with Gasteiger partial charge in [-0.25, -0.2) is 8.78 Å². The molecule has 2 unspecified atom stereocenters. The number of hydrogen-bond donors (Lipinski definition) is 1. The van der Waals surface area contributed by atoms with Gasteiger partial charge < -0.3 is 5.73 Å². The first-order chi connectivity index (χ1) is 7.09. The van der Waals surface area contributed by atoms with Gasteiger partial charge in [-0.3, -0.25) is 0 Å². The van der Waals surface area contributed by atoms with Gasteiger partial charge in [-0.05, 0) is 42.9 Å². The zero-order valence-electron chi connectivity index (χ0n) is 8.76. The molecule has 0 bridgehead atoms. The summed E-state index contributed by atoms with van der Waals surface area (Å²) in [6.45, 7) is 2.07. The zero-order valence-corrected chi connectivity index (χ0v) is 8.76. The molecule has 3 heteroatoms. The smallest absolute Gasteiger partial charge is 0.128 e. The molecule has 82 valence electrons. The minimum atomic E-state index is -0.368. The van der Waals surface area contributed by atoms with Crippen LogP contribution in [-0.4, -0.2) is 0 Å². The van der Waals surface area contributed by atoms with E-state index in [0.717, 1.165) is 12.8 Å². The van der Waals surface area contributed by atoms with Gasteiger partial charge in [-0.1, -0.05) is 6.92 Å². The van der Waals surface area contributed by atoms with Crippen LogP contribution < -0.4 is 5.73 Å². The Hall–Kier alpha value is -0.960. The summed E-state index contributed by atoms with van der Waals surface area (Å²) in [6, 6.07) is 1.99. The van der Waals surface area contributed by atoms with Gasteiger partial charge in [0, 0.05) is 11.6 Å². The van der Waals surface area contributed by atoms with Crippen LogP contribution in [0.5, 0.6) is 0 Å². The Balaban J connectivity index is 2.52. The average Bonchev–Trinajstić information content (AvgIpc) is 2.32. The first kappa shape index (κ1) is 10.6. The van der Waals surface area contributed by atoms with E-state index in [1.807, 2.05) is 0 Å². The molecule has 1 nitrogen and oxygen atoms in total. The third-order valence-corrected chi connectivity index (χ3v) is 3.16. The standard InChI is InChI=1S/C12H15F2N/c1-7-2-3-8-9(13)4-5-10(14)12(8)11(15)6-7/h4-5,7,11H,2-3,6,15H2,1H3. The maximum atomic E-state index is 13.6. The number of nitrogens with two attached hydrogens (primary N) is 1. The second-order valence-corrected chi connectivity index (χ2v) is 4.41. The summed E-state index contributed by atoms with van der Waals surface area (Å²) in [5.74, 6) is -0.268. The van der Waals surface area contributed by atoms with Crippen LogP contribution in [0.2, 0.25) is 0 Å². The fourth-order valence-corrected chi connectivity index (χ4v) is 2.32. The van der Waals surface area contributed by atoms with Crippen LogP contribution >= 0.6 is 0 Å².